The normalized spacial score (nSPS) is 11.3. The van der Waals surface area contributed by atoms with Crippen molar-refractivity contribution in [2.75, 3.05) is 12.4 Å². The summed E-state index contributed by atoms with van der Waals surface area (Å²) in [6, 6.07) is 8.05. The van der Waals surface area contributed by atoms with Gasteiger partial charge in [-0.05, 0) is 36.4 Å². The number of nitrogens with zero attached hydrogens (tertiary/aromatic N) is 3. The molecule has 156 valence electrons. The van der Waals surface area contributed by atoms with Gasteiger partial charge < -0.3 is 10.6 Å². The Morgan fingerprint density at radius 3 is 2.47 bits per heavy atom. The molecule has 0 spiro atoms. The number of nitrogens with one attached hydrogen (secondary N) is 2. The van der Waals surface area contributed by atoms with E-state index in [9.17, 15) is 27.2 Å². The molecule has 30 heavy (non-hydrogen) atoms. The van der Waals surface area contributed by atoms with Gasteiger partial charge in [-0.1, -0.05) is 22.9 Å². The van der Waals surface area contributed by atoms with E-state index >= 15 is 0 Å². The molecule has 0 aliphatic heterocycles. The number of halogens is 5. The monoisotopic (exact) mass is 441 g/mol. The summed E-state index contributed by atoms with van der Waals surface area (Å²) in [6.45, 7) is 0. The van der Waals surface area contributed by atoms with E-state index in [2.05, 4.69) is 20.9 Å². The van der Waals surface area contributed by atoms with E-state index in [1.165, 1.54) is 37.4 Å². The van der Waals surface area contributed by atoms with Crippen LogP contribution in [-0.2, 0) is 6.18 Å². The summed E-state index contributed by atoms with van der Waals surface area (Å²) < 4.78 is 54.7. The SMILES string of the molecule is CNC(=O)c1cc(NC(=O)c2nnn(-c3cccc(F)c3)c2C(F)(F)F)ccc1Cl. The fraction of sp³-hybridized carbons (Fsp3) is 0.111. The molecule has 1 aromatic heterocycles. The molecule has 0 bridgehead atoms. The number of amides is 2. The lowest BCUT2D eigenvalue weighted by Crippen LogP contribution is -2.22. The van der Waals surface area contributed by atoms with Gasteiger partial charge in [0.05, 0.1) is 16.3 Å². The van der Waals surface area contributed by atoms with Crippen LogP contribution in [-0.4, -0.2) is 33.9 Å². The smallest absolute Gasteiger partial charge is 0.355 e. The molecule has 0 unspecified atom stereocenters. The maximum atomic E-state index is 13.7. The van der Waals surface area contributed by atoms with Crippen LogP contribution in [0.1, 0.15) is 26.5 Å². The van der Waals surface area contributed by atoms with E-state index in [0.717, 1.165) is 12.1 Å². The predicted octanol–water partition coefficient (Wildman–Crippen LogP) is 3.69. The molecule has 0 radical (unpaired) electrons. The maximum Gasteiger partial charge on any atom is 0.435 e. The van der Waals surface area contributed by atoms with Crippen LogP contribution in [0.2, 0.25) is 5.02 Å². The summed E-state index contributed by atoms with van der Waals surface area (Å²) in [5.74, 6) is -2.57. The first-order chi connectivity index (χ1) is 14.1. The zero-order chi connectivity index (χ0) is 22.1. The number of rotatable bonds is 4. The largest absolute Gasteiger partial charge is 0.435 e. The van der Waals surface area contributed by atoms with Crippen LogP contribution in [0.5, 0.6) is 0 Å². The molecule has 0 saturated carbocycles. The molecule has 0 aliphatic carbocycles. The van der Waals surface area contributed by atoms with Crippen molar-refractivity contribution in [2.24, 2.45) is 0 Å². The summed E-state index contributed by atoms with van der Waals surface area (Å²) >= 11 is 5.91. The fourth-order valence-corrected chi connectivity index (χ4v) is 2.78. The molecule has 0 saturated heterocycles. The quantitative estimate of drug-likeness (QED) is 0.604. The number of hydrogen-bond donors (Lipinski definition) is 2. The van der Waals surface area contributed by atoms with Gasteiger partial charge in [0.25, 0.3) is 11.8 Å². The van der Waals surface area contributed by atoms with Crippen molar-refractivity contribution >= 4 is 29.1 Å². The van der Waals surface area contributed by atoms with E-state index in [-0.39, 0.29) is 22.0 Å². The van der Waals surface area contributed by atoms with E-state index in [0.29, 0.717) is 4.68 Å². The van der Waals surface area contributed by atoms with Crippen molar-refractivity contribution in [2.45, 2.75) is 6.18 Å². The highest BCUT2D eigenvalue weighted by molar-refractivity contribution is 6.34. The zero-order valence-corrected chi connectivity index (χ0v) is 15.8. The van der Waals surface area contributed by atoms with Crippen molar-refractivity contribution in [3.63, 3.8) is 0 Å². The van der Waals surface area contributed by atoms with Crippen molar-refractivity contribution in [3.05, 3.63) is 70.3 Å². The Balaban J connectivity index is 2.00. The molecule has 2 N–H and O–H groups in total. The molecule has 2 amide bonds. The van der Waals surface area contributed by atoms with Crippen LogP contribution in [0.4, 0.5) is 23.2 Å². The number of hydrogen-bond acceptors (Lipinski definition) is 4. The number of carbonyl (C=O) groups is 2. The molecule has 3 rings (SSSR count). The Labute approximate surface area is 171 Å². The topological polar surface area (TPSA) is 88.9 Å². The molecular weight excluding hydrogens is 430 g/mol. The summed E-state index contributed by atoms with van der Waals surface area (Å²) in [5.41, 5.74) is -2.75. The third-order valence-electron chi connectivity index (χ3n) is 3.90. The van der Waals surface area contributed by atoms with Crippen LogP contribution in [0.15, 0.2) is 42.5 Å². The van der Waals surface area contributed by atoms with Crippen molar-refractivity contribution in [1.82, 2.24) is 20.3 Å². The first-order valence-electron chi connectivity index (χ1n) is 8.23. The lowest BCUT2D eigenvalue weighted by atomic mass is 10.1. The number of anilines is 1. The third kappa shape index (κ3) is 4.25. The highest BCUT2D eigenvalue weighted by Gasteiger charge is 2.42. The van der Waals surface area contributed by atoms with E-state index in [4.69, 9.17) is 11.6 Å². The molecule has 0 aliphatic rings. The van der Waals surface area contributed by atoms with Gasteiger partial charge in [-0.2, -0.15) is 13.2 Å². The minimum Gasteiger partial charge on any atom is -0.355 e. The van der Waals surface area contributed by atoms with E-state index in [1.54, 1.807) is 0 Å². The predicted molar refractivity (Wildman–Crippen MR) is 99.1 cm³/mol. The van der Waals surface area contributed by atoms with Crippen molar-refractivity contribution in [1.29, 1.82) is 0 Å². The Bertz CT molecular complexity index is 1130. The lowest BCUT2D eigenvalue weighted by molar-refractivity contribution is -0.143. The van der Waals surface area contributed by atoms with Crippen LogP contribution in [0, 0.1) is 5.82 Å². The third-order valence-corrected chi connectivity index (χ3v) is 4.23. The zero-order valence-electron chi connectivity index (χ0n) is 15.1. The average Bonchev–Trinajstić information content (AvgIpc) is 3.15. The summed E-state index contributed by atoms with van der Waals surface area (Å²) in [6.07, 6.45) is -5.02. The van der Waals surface area contributed by atoms with E-state index < -0.39 is 35.2 Å². The molecule has 7 nitrogen and oxygen atoms in total. The summed E-state index contributed by atoms with van der Waals surface area (Å²) in [7, 11) is 1.37. The molecule has 0 atom stereocenters. The van der Waals surface area contributed by atoms with E-state index in [1.807, 2.05) is 0 Å². The molecule has 1 heterocycles. The van der Waals surface area contributed by atoms with Gasteiger partial charge in [-0.25, -0.2) is 9.07 Å². The Morgan fingerprint density at radius 1 is 1.10 bits per heavy atom. The Morgan fingerprint density at radius 2 is 1.83 bits per heavy atom. The van der Waals surface area contributed by atoms with Gasteiger partial charge in [-0.15, -0.1) is 5.10 Å². The van der Waals surface area contributed by atoms with Gasteiger partial charge in [0, 0.05) is 12.7 Å². The van der Waals surface area contributed by atoms with Gasteiger partial charge in [-0.3, -0.25) is 9.59 Å². The van der Waals surface area contributed by atoms with Crippen LogP contribution in [0.3, 0.4) is 0 Å². The first kappa shape index (κ1) is 21.2. The number of alkyl halides is 3. The molecule has 12 heteroatoms. The fourth-order valence-electron chi connectivity index (χ4n) is 2.58. The van der Waals surface area contributed by atoms with Crippen molar-refractivity contribution in [3.8, 4) is 5.69 Å². The molecule has 3 aromatic rings. The maximum absolute atomic E-state index is 13.7. The highest BCUT2D eigenvalue weighted by Crippen LogP contribution is 2.33. The second-order valence-corrected chi connectivity index (χ2v) is 6.31. The first-order valence-corrected chi connectivity index (χ1v) is 8.61. The minimum atomic E-state index is -5.02. The summed E-state index contributed by atoms with van der Waals surface area (Å²) in [4.78, 5) is 24.3. The lowest BCUT2D eigenvalue weighted by Gasteiger charge is -2.12. The molecule has 2 aromatic carbocycles. The number of benzene rings is 2. The van der Waals surface area contributed by atoms with Crippen LogP contribution >= 0.6 is 11.6 Å². The second kappa shape index (κ2) is 8.11. The Hall–Kier alpha value is -3.47. The molecule has 0 fully saturated rings. The molecular formula is C18H12ClF4N5O2. The van der Waals surface area contributed by atoms with Gasteiger partial charge in [0.15, 0.2) is 11.4 Å². The van der Waals surface area contributed by atoms with Gasteiger partial charge in [0.2, 0.25) is 0 Å². The van der Waals surface area contributed by atoms with Crippen molar-refractivity contribution < 1.29 is 27.2 Å². The van der Waals surface area contributed by atoms with Gasteiger partial charge in [0.1, 0.15) is 5.82 Å². The standard InChI is InChI=1S/C18H12ClF4N5O2/c1-24-16(29)12-8-10(5-6-13(12)19)25-17(30)14-15(18(21,22)23)28(27-26-14)11-4-2-3-9(20)7-11/h2-8H,1H3,(H,24,29)(H,25,30). The van der Waals surface area contributed by atoms with Crippen LogP contribution < -0.4 is 10.6 Å². The highest BCUT2D eigenvalue weighted by atomic mass is 35.5. The number of aromatic nitrogens is 3. The number of carbonyl (C=O) groups excluding carboxylic acids is 2. The minimum absolute atomic E-state index is 0.0106. The average molecular weight is 442 g/mol. The van der Waals surface area contributed by atoms with Gasteiger partial charge >= 0.3 is 6.18 Å². The Kier molecular flexibility index (Phi) is 5.74. The van der Waals surface area contributed by atoms with Crippen LogP contribution in [0.25, 0.3) is 5.69 Å². The second-order valence-electron chi connectivity index (χ2n) is 5.90. The summed E-state index contributed by atoms with van der Waals surface area (Å²) in [5, 5.41) is 11.4.